The zero-order valence-corrected chi connectivity index (χ0v) is 16.7. The van der Waals surface area contributed by atoms with Gasteiger partial charge in [-0.25, -0.2) is 17.6 Å². The van der Waals surface area contributed by atoms with Gasteiger partial charge in [0.2, 0.25) is 10.0 Å². The van der Waals surface area contributed by atoms with Crippen LogP contribution in [0.25, 0.3) is 0 Å². The fourth-order valence-corrected chi connectivity index (χ4v) is 5.24. The molecule has 1 aromatic carbocycles. The Hall–Kier alpha value is -2.33. The zero-order valence-electron chi connectivity index (χ0n) is 15.1. The first-order chi connectivity index (χ1) is 13.3. The molecule has 1 N–H and O–H groups in total. The molecule has 0 saturated carbocycles. The van der Waals surface area contributed by atoms with Crippen LogP contribution in [0.15, 0.2) is 24.4 Å². The van der Waals surface area contributed by atoms with E-state index in [-0.39, 0.29) is 23.4 Å². The SMILES string of the molecule is CC1Cn2ncc(N3CCCS3(=O)=O)c2CN1C(=O)Nc1ccc(Cl)c(F)c1. The van der Waals surface area contributed by atoms with E-state index in [1.165, 1.54) is 16.4 Å². The molecule has 1 saturated heterocycles. The average Bonchev–Trinajstić information content (AvgIpc) is 3.18. The monoisotopic (exact) mass is 427 g/mol. The van der Waals surface area contributed by atoms with Crippen LogP contribution in [0.2, 0.25) is 5.02 Å². The molecule has 0 aliphatic carbocycles. The molecule has 150 valence electrons. The van der Waals surface area contributed by atoms with Gasteiger partial charge in [0.1, 0.15) is 5.82 Å². The minimum absolute atomic E-state index is 0.0234. The van der Waals surface area contributed by atoms with Gasteiger partial charge >= 0.3 is 6.03 Å². The van der Waals surface area contributed by atoms with Gasteiger partial charge in [-0.3, -0.25) is 8.99 Å². The Kier molecular flexibility index (Phi) is 4.70. The van der Waals surface area contributed by atoms with Gasteiger partial charge < -0.3 is 10.2 Å². The van der Waals surface area contributed by atoms with E-state index in [0.29, 0.717) is 36.6 Å². The summed E-state index contributed by atoms with van der Waals surface area (Å²) in [5, 5.41) is 6.95. The van der Waals surface area contributed by atoms with Crippen LogP contribution in [-0.2, 0) is 23.1 Å². The van der Waals surface area contributed by atoms with Crippen LogP contribution in [-0.4, -0.2) is 47.5 Å². The van der Waals surface area contributed by atoms with E-state index in [4.69, 9.17) is 11.6 Å². The third kappa shape index (κ3) is 3.30. The third-order valence-corrected chi connectivity index (χ3v) is 7.18. The lowest BCUT2D eigenvalue weighted by molar-refractivity contribution is 0.162. The Labute approximate surface area is 166 Å². The van der Waals surface area contributed by atoms with Crippen molar-refractivity contribution in [1.82, 2.24) is 14.7 Å². The number of hydrogen-bond donors (Lipinski definition) is 1. The summed E-state index contributed by atoms with van der Waals surface area (Å²) in [5.74, 6) is -0.508. The number of hydrogen-bond acceptors (Lipinski definition) is 4. The highest BCUT2D eigenvalue weighted by Gasteiger charge is 2.35. The van der Waals surface area contributed by atoms with Crippen LogP contribution in [0.3, 0.4) is 0 Å². The molecular weight excluding hydrogens is 409 g/mol. The maximum absolute atomic E-state index is 13.6. The molecule has 0 spiro atoms. The summed E-state index contributed by atoms with van der Waals surface area (Å²) < 4.78 is 41.3. The van der Waals surface area contributed by atoms with Gasteiger partial charge in [0, 0.05) is 12.2 Å². The number of amides is 2. The molecule has 1 unspecified atom stereocenters. The molecule has 0 radical (unpaired) electrons. The van der Waals surface area contributed by atoms with Crippen molar-refractivity contribution in [2.75, 3.05) is 21.9 Å². The number of urea groups is 1. The maximum atomic E-state index is 13.6. The molecule has 2 aliphatic heterocycles. The predicted octanol–water partition coefficient (Wildman–Crippen LogP) is 2.65. The normalized spacial score (nSPS) is 20.9. The molecule has 4 rings (SSSR count). The second-order valence-electron chi connectivity index (χ2n) is 6.94. The van der Waals surface area contributed by atoms with Gasteiger partial charge in [0.05, 0.1) is 47.5 Å². The lowest BCUT2D eigenvalue weighted by atomic mass is 10.2. The van der Waals surface area contributed by atoms with Crippen molar-refractivity contribution in [3.05, 3.63) is 40.9 Å². The molecule has 8 nitrogen and oxygen atoms in total. The number of halogens is 2. The van der Waals surface area contributed by atoms with Crippen LogP contribution in [0.5, 0.6) is 0 Å². The highest BCUT2D eigenvalue weighted by Crippen LogP contribution is 2.31. The van der Waals surface area contributed by atoms with Crippen molar-refractivity contribution in [3.63, 3.8) is 0 Å². The van der Waals surface area contributed by atoms with E-state index in [1.54, 1.807) is 15.8 Å². The smallest absolute Gasteiger partial charge is 0.314 e. The van der Waals surface area contributed by atoms with Crippen LogP contribution in [0.1, 0.15) is 19.0 Å². The highest BCUT2D eigenvalue weighted by molar-refractivity contribution is 7.93. The molecule has 1 fully saturated rings. The first kappa shape index (κ1) is 19.0. The second kappa shape index (κ2) is 6.93. The fourth-order valence-electron chi connectivity index (χ4n) is 3.55. The predicted molar refractivity (Wildman–Crippen MR) is 103 cm³/mol. The number of nitrogens with zero attached hydrogens (tertiary/aromatic N) is 4. The molecule has 3 heterocycles. The summed E-state index contributed by atoms with van der Waals surface area (Å²) in [5.41, 5.74) is 1.47. The van der Waals surface area contributed by atoms with Crippen molar-refractivity contribution in [2.45, 2.75) is 32.5 Å². The van der Waals surface area contributed by atoms with Gasteiger partial charge in [0.15, 0.2) is 0 Å². The molecule has 11 heteroatoms. The largest absolute Gasteiger partial charge is 0.322 e. The zero-order chi connectivity index (χ0) is 20.1. The Morgan fingerprint density at radius 1 is 1.39 bits per heavy atom. The molecule has 1 atom stereocenters. The summed E-state index contributed by atoms with van der Waals surface area (Å²) in [6.45, 7) is 2.92. The van der Waals surface area contributed by atoms with Crippen LogP contribution < -0.4 is 9.62 Å². The summed E-state index contributed by atoms with van der Waals surface area (Å²) >= 11 is 5.67. The topological polar surface area (TPSA) is 87.5 Å². The molecule has 2 aliphatic rings. The average molecular weight is 428 g/mol. The number of benzene rings is 1. The van der Waals surface area contributed by atoms with E-state index in [0.717, 1.165) is 6.07 Å². The van der Waals surface area contributed by atoms with Crippen molar-refractivity contribution >= 4 is 39.0 Å². The fraction of sp³-hybridized carbons (Fsp3) is 0.412. The Morgan fingerprint density at radius 3 is 2.86 bits per heavy atom. The summed E-state index contributed by atoms with van der Waals surface area (Å²) in [6, 6.07) is 3.47. The lowest BCUT2D eigenvalue weighted by Crippen LogP contribution is -2.47. The molecular formula is C17H19ClFN5O3S. The third-order valence-electron chi connectivity index (χ3n) is 5.02. The number of fused-ring (bicyclic) bond motifs is 1. The van der Waals surface area contributed by atoms with E-state index < -0.39 is 21.9 Å². The summed E-state index contributed by atoms with van der Waals surface area (Å²) in [7, 11) is -3.35. The van der Waals surface area contributed by atoms with E-state index in [2.05, 4.69) is 10.4 Å². The first-order valence-electron chi connectivity index (χ1n) is 8.84. The standard InChI is InChI=1S/C17H19ClFN5O3S/c1-11-9-23-16(15(8-20-23)24-5-2-6-28(24,26)27)10-22(11)17(25)21-12-3-4-13(18)14(19)7-12/h3-4,7-8,11H,2,5-6,9-10H2,1H3,(H,21,25). The number of nitrogens with one attached hydrogen (secondary N) is 1. The van der Waals surface area contributed by atoms with Gasteiger partial charge in [-0.15, -0.1) is 0 Å². The minimum atomic E-state index is -3.35. The van der Waals surface area contributed by atoms with Gasteiger partial charge in [-0.05, 0) is 31.5 Å². The molecule has 28 heavy (non-hydrogen) atoms. The maximum Gasteiger partial charge on any atom is 0.322 e. The minimum Gasteiger partial charge on any atom is -0.314 e. The quantitative estimate of drug-likeness (QED) is 0.798. The van der Waals surface area contributed by atoms with Crippen LogP contribution in [0.4, 0.5) is 20.6 Å². The molecule has 1 aromatic heterocycles. The summed E-state index contributed by atoms with van der Waals surface area (Å²) in [4.78, 5) is 14.3. The molecule has 0 bridgehead atoms. The Bertz CT molecular complexity index is 1040. The second-order valence-corrected chi connectivity index (χ2v) is 9.36. The van der Waals surface area contributed by atoms with Crippen molar-refractivity contribution in [2.24, 2.45) is 0 Å². The number of carbonyl (C=O) groups is 1. The van der Waals surface area contributed by atoms with Crippen molar-refractivity contribution < 1.29 is 17.6 Å². The Morgan fingerprint density at radius 2 is 2.18 bits per heavy atom. The number of aromatic nitrogens is 2. The van der Waals surface area contributed by atoms with E-state index >= 15 is 0 Å². The van der Waals surface area contributed by atoms with Crippen LogP contribution >= 0.6 is 11.6 Å². The first-order valence-corrected chi connectivity index (χ1v) is 10.8. The van der Waals surface area contributed by atoms with Crippen molar-refractivity contribution in [3.8, 4) is 0 Å². The van der Waals surface area contributed by atoms with E-state index in [1.807, 2.05) is 6.92 Å². The number of sulfonamides is 1. The van der Waals surface area contributed by atoms with E-state index in [9.17, 15) is 17.6 Å². The number of anilines is 2. The van der Waals surface area contributed by atoms with Crippen LogP contribution in [0, 0.1) is 5.82 Å². The van der Waals surface area contributed by atoms with Gasteiger partial charge in [-0.1, -0.05) is 11.6 Å². The van der Waals surface area contributed by atoms with Gasteiger partial charge in [-0.2, -0.15) is 5.10 Å². The van der Waals surface area contributed by atoms with Crippen molar-refractivity contribution in [1.29, 1.82) is 0 Å². The number of carbonyl (C=O) groups excluding carboxylic acids is 1. The molecule has 2 aromatic rings. The lowest BCUT2D eigenvalue weighted by Gasteiger charge is -2.35. The number of rotatable bonds is 2. The Balaban J connectivity index is 1.58. The molecule has 2 amide bonds. The highest BCUT2D eigenvalue weighted by atomic mass is 35.5. The van der Waals surface area contributed by atoms with Gasteiger partial charge in [0.25, 0.3) is 0 Å². The summed E-state index contributed by atoms with van der Waals surface area (Å²) in [6.07, 6.45) is 2.11.